The SMILES string of the molecule is Nc1ccnc([C@@H]2CCC[C@@H](O)C2)n1.Nc1ccnc([C@H]2CCC[C@H](O)C2)n1. The Morgan fingerprint density at radius 1 is 0.714 bits per heavy atom. The van der Waals surface area contributed by atoms with Crippen LogP contribution in [0.1, 0.15) is 74.9 Å². The van der Waals surface area contributed by atoms with Crippen molar-refractivity contribution >= 4 is 11.6 Å². The molecule has 2 saturated carbocycles. The first-order valence-corrected chi connectivity index (χ1v) is 10.0. The van der Waals surface area contributed by atoms with Crippen LogP contribution in [0.2, 0.25) is 0 Å². The van der Waals surface area contributed by atoms with Crippen LogP contribution >= 0.6 is 0 Å². The molecule has 8 heteroatoms. The summed E-state index contributed by atoms with van der Waals surface area (Å²) < 4.78 is 0. The molecule has 0 aromatic carbocycles. The lowest BCUT2D eigenvalue weighted by atomic mass is 9.87. The van der Waals surface area contributed by atoms with Crippen molar-refractivity contribution < 1.29 is 10.2 Å². The van der Waals surface area contributed by atoms with E-state index < -0.39 is 0 Å². The molecule has 4 rings (SSSR count). The fraction of sp³-hybridized carbons (Fsp3) is 0.600. The van der Waals surface area contributed by atoms with Crippen LogP contribution in [0.4, 0.5) is 11.6 Å². The van der Waals surface area contributed by atoms with Crippen LogP contribution in [0.5, 0.6) is 0 Å². The third-order valence-electron chi connectivity index (χ3n) is 5.41. The molecule has 0 unspecified atom stereocenters. The van der Waals surface area contributed by atoms with Crippen molar-refractivity contribution in [2.75, 3.05) is 11.5 Å². The Balaban J connectivity index is 0.000000161. The van der Waals surface area contributed by atoms with Crippen LogP contribution in [0.25, 0.3) is 0 Å². The smallest absolute Gasteiger partial charge is 0.133 e. The summed E-state index contributed by atoms with van der Waals surface area (Å²) >= 11 is 0. The molecule has 28 heavy (non-hydrogen) atoms. The normalized spacial score (nSPS) is 27.5. The molecule has 2 fully saturated rings. The van der Waals surface area contributed by atoms with Crippen molar-refractivity contribution in [1.29, 1.82) is 0 Å². The summed E-state index contributed by atoms with van der Waals surface area (Å²) in [5, 5.41) is 19.0. The molecule has 4 atom stereocenters. The first-order chi connectivity index (χ1) is 13.5. The third kappa shape index (κ3) is 5.84. The molecule has 2 aliphatic carbocycles. The molecular formula is C20H30N6O2. The number of nitrogen functional groups attached to an aromatic ring is 2. The maximum absolute atomic E-state index is 9.52. The van der Waals surface area contributed by atoms with Crippen molar-refractivity contribution in [2.45, 2.75) is 75.4 Å². The number of aliphatic hydroxyl groups excluding tert-OH is 2. The first kappa shape index (κ1) is 20.4. The van der Waals surface area contributed by atoms with Gasteiger partial charge < -0.3 is 21.7 Å². The fourth-order valence-corrected chi connectivity index (χ4v) is 3.97. The number of aliphatic hydroxyl groups is 2. The fourth-order valence-electron chi connectivity index (χ4n) is 3.97. The van der Waals surface area contributed by atoms with Crippen LogP contribution in [-0.2, 0) is 0 Å². The van der Waals surface area contributed by atoms with Gasteiger partial charge in [0.05, 0.1) is 12.2 Å². The van der Waals surface area contributed by atoms with Crippen molar-refractivity contribution in [2.24, 2.45) is 0 Å². The molecule has 2 heterocycles. The van der Waals surface area contributed by atoms with Crippen molar-refractivity contribution in [3.05, 3.63) is 36.2 Å². The largest absolute Gasteiger partial charge is 0.393 e. The van der Waals surface area contributed by atoms with E-state index in [1.165, 1.54) is 0 Å². The van der Waals surface area contributed by atoms with Gasteiger partial charge in [-0.2, -0.15) is 0 Å². The Kier molecular flexibility index (Phi) is 7.11. The van der Waals surface area contributed by atoms with E-state index in [-0.39, 0.29) is 24.0 Å². The van der Waals surface area contributed by atoms with Gasteiger partial charge in [0.25, 0.3) is 0 Å². The summed E-state index contributed by atoms with van der Waals surface area (Å²) in [7, 11) is 0. The summed E-state index contributed by atoms with van der Waals surface area (Å²) in [6.45, 7) is 0. The second kappa shape index (κ2) is 9.75. The van der Waals surface area contributed by atoms with Gasteiger partial charge in [-0.05, 0) is 50.7 Å². The zero-order valence-corrected chi connectivity index (χ0v) is 16.1. The minimum Gasteiger partial charge on any atom is -0.393 e. The van der Waals surface area contributed by atoms with Crippen molar-refractivity contribution in [3.8, 4) is 0 Å². The molecule has 8 nitrogen and oxygen atoms in total. The lowest BCUT2D eigenvalue weighted by Crippen LogP contribution is -2.19. The van der Waals surface area contributed by atoms with Gasteiger partial charge in [0.2, 0.25) is 0 Å². The molecule has 6 N–H and O–H groups in total. The zero-order chi connectivity index (χ0) is 19.9. The van der Waals surface area contributed by atoms with Gasteiger partial charge in [0.15, 0.2) is 0 Å². The van der Waals surface area contributed by atoms with Crippen molar-refractivity contribution in [3.63, 3.8) is 0 Å². The van der Waals surface area contributed by atoms with Gasteiger partial charge in [-0.1, -0.05) is 12.8 Å². The van der Waals surface area contributed by atoms with E-state index in [1.807, 2.05) is 0 Å². The van der Waals surface area contributed by atoms with E-state index in [4.69, 9.17) is 11.5 Å². The Morgan fingerprint density at radius 2 is 1.14 bits per heavy atom. The van der Waals surface area contributed by atoms with Gasteiger partial charge in [-0.3, -0.25) is 0 Å². The topological polar surface area (TPSA) is 144 Å². The van der Waals surface area contributed by atoms with Gasteiger partial charge in [-0.25, -0.2) is 19.9 Å². The van der Waals surface area contributed by atoms with Crippen LogP contribution in [0, 0.1) is 0 Å². The number of nitrogens with two attached hydrogens (primary N) is 2. The number of rotatable bonds is 2. The van der Waals surface area contributed by atoms with Crippen LogP contribution < -0.4 is 11.5 Å². The Morgan fingerprint density at radius 3 is 1.50 bits per heavy atom. The van der Waals surface area contributed by atoms with Gasteiger partial charge >= 0.3 is 0 Å². The third-order valence-corrected chi connectivity index (χ3v) is 5.41. The minimum absolute atomic E-state index is 0.196. The molecule has 2 aromatic heterocycles. The van der Waals surface area contributed by atoms with E-state index in [9.17, 15) is 10.2 Å². The molecule has 0 saturated heterocycles. The van der Waals surface area contributed by atoms with Gasteiger partial charge in [0, 0.05) is 24.2 Å². The predicted octanol–water partition coefficient (Wildman–Crippen LogP) is 2.15. The quantitative estimate of drug-likeness (QED) is 0.614. The summed E-state index contributed by atoms with van der Waals surface area (Å²) in [4.78, 5) is 16.8. The Bertz CT molecular complexity index is 695. The number of hydrogen-bond donors (Lipinski definition) is 4. The summed E-state index contributed by atoms with van der Waals surface area (Å²) in [6, 6.07) is 3.37. The average Bonchev–Trinajstić information content (AvgIpc) is 2.69. The van der Waals surface area contributed by atoms with Gasteiger partial charge in [0.1, 0.15) is 23.3 Å². The molecular weight excluding hydrogens is 356 g/mol. The number of nitrogens with zero attached hydrogens (tertiary/aromatic N) is 4. The molecule has 0 aliphatic heterocycles. The summed E-state index contributed by atoms with van der Waals surface area (Å²) in [5.74, 6) is 3.14. The van der Waals surface area contributed by atoms with E-state index in [1.54, 1.807) is 24.5 Å². The lowest BCUT2D eigenvalue weighted by molar-refractivity contribution is 0.117. The standard InChI is InChI=1S/2C10H15N3O/c2*11-9-4-5-12-10(13-9)7-2-1-3-8(14)6-7/h2*4-5,7-8,14H,1-3,6H2,(H2,11,12,13)/t2*7-,8-/m10/s1. The summed E-state index contributed by atoms with van der Waals surface area (Å²) in [6.07, 6.45) is 10.5. The number of hydrogen-bond acceptors (Lipinski definition) is 8. The average molecular weight is 387 g/mol. The van der Waals surface area contributed by atoms with E-state index >= 15 is 0 Å². The van der Waals surface area contributed by atoms with E-state index in [0.717, 1.165) is 63.0 Å². The maximum Gasteiger partial charge on any atom is 0.133 e. The van der Waals surface area contributed by atoms with Crippen molar-refractivity contribution in [1.82, 2.24) is 19.9 Å². The monoisotopic (exact) mass is 386 g/mol. The second-order valence-electron chi connectivity index (χ2n) is 7.71. The van der Waals surface area contributed by atoms with Crippen LogP contribution in [0.3, 0.4) is 0 Å². The second-order valence-corrected chi connectivity index (χ2v) is 7.71. The lowest BCUT2D eigenvalue weighted by Gasteiger charge is -2.24. The molecule has 0 bridgehead atoms. The Hall–Kier alpha value is -2.32. The zero-order valence-electron chi connectivity index (χ0n) is 16.1. The molecule has 152 valence electrons. The molecule has 0 spiro atoms. The van der Waals surface area contributed by atoms with E-state index in [0.29, 0.717) is 11.6 Å². The number of anilines is 2. The van der Waals surface area contributed by atoms with Crippen LogP contribution in [-0.4, -0.2) is 42.4 Å². The molecule has 2 aliphatic rings. The summed E-state index contributed by atoms with van der Waals surface area (Å²) in [5.41, 5.74) is 11.2. The van der Waals surface area contributed by atoms with Crippen LogP contribution in [0.15, 0.2) is 24.5 Å². The molecule has 0 radical (unpaired) electrons. The highest BCUT2D eigenvalue weighted by atomic mass is 16.3. The molecule has 2 aromatic rings. The first-order valence-electron chi connectivity index (χ1n) is 10.0. The number of aromatic nitrogens is 4. The predicted molar refractivity (Wildman–Crippen MR) is 107 cm³/mol. The maximum atomic E-state index is 9.52. The highest BCUT2D eigenvalue weighted by Gasteiger charge is 2.24. The van der Waals surface area contributed by atoms with Gasteiger partial charge in [-0.15, -0.1) is 0 Å². The minimum atomic E-state index is -0.196. The highest BCUT2D eigenvalue weighted by molar-refractivity contribution is 5.26. The Labute approximate surface area is 165 Å². The van der Waals surface area contributed by atoms with E-state index in [2.05, 4.69) is 19.9 Å². The molecule has 0 amide bonds. The highest BCUT2D eigenvalue weighted by Crippen LogP contribution is 2.31.